The van der Waals surface area contributed by atoms with Crippen molar-refractivity contribution in [3.63, 3.8) is 0 Å². The molecule has 0 spiro atoms. The number of nitrogens with zero attached hydrogens (tertiary/aromatic N) is 3. The molecule has 100 valence electrons. The highest BCUT2D eigenvalue weighted by atomic mass is 35.5. The summed E-state index contributed by atoms with van der Waals surface area (Å²) in [7, 11) is 0. The standard InChI is InChI=1S/C11H18ClN5O/c1-2-18-8-3-5-17(6-4-8)10-9(12)7-14-11(15-10)16-13/h7-8H,2-6,13H2,1H3,(H,14,15,16). The van der Waals surface area contributed by atoms with Crippen molar-refractivity contribution in [2.24, 2.45) is 5.84 Å². The first kappa shape index (κ1) is 13.3. The molecule has 1 aliphatic heterocycles. The number of anilines is 2. The highest BCUT2D eigenvalue weighted by molar-refractivity contribution is 6.32. The smallest absolute Gasteiger partial charge is 0.239 e. The topological polar surface area (TPSA) is 76.3 Å². The fourth-order valence-electron chi connectivity index (χ4n) is 2.12. The fraction of sp³-hybridized carbons (Fsp3) is 0.636. The van der Waals surface area contributed by atoms with Crippen LogP contribution in [0.3, 0.4) is 0 Å². The lowest BCUT2D eigenvalue weighted by atomic mass is 10.1. The van der Waals surface area contributed by atoms with Crippen LogP contribution in [-0.2, 0) is 4.74 Å². The third-order valence-corrected chi connectivity index (χ3v) is 3.27. The van der Waals surface area contributed by atoms with Gasteiger partial charge in [-0.3, -0.25) is 5.43 Å². The van der Waals surface area contributed by atoms with E-state index in [1.807, 2.05) is 6.92 Å². The summed E-state index contributed by atoms with van der Waals surface area (Å²) >= 11 is 6.12. The summed E-state index contributed by atoms with van der Waals surface area (Å²) in [6.45, 7) is 4.55. The molecule has 0 unspecified atom stereocenters. The van der Waals surface area contributed by atoms with Crippen molar-refractivity contribution < 1.29 is 4.74 Å². The first-order valence-electron chi connectivity index (χ1n) is 6.10. The van der Waals surface area contributed by atoms with Crippen molar-refractivity contribution in [1.29, 1.82) is 0 Å². The summed E-state index contributed by atoms with van der Waals surface area (Å²) in [5.74, 6) is 6.41. The second-order valence-electron chi connectivity index (χ2n) is 4.15. The number of ether oxygens (including phenoxy) is 1. The van der Waals surface area contributed by atoms with Crippen molar-refractivity contribution in [2.45, 2.75) is 25.9 Å². The number of hydrazine groups is 1. The maximum absolute atomic E-state index is 6.12. The predicted octanol–water partition coefficient (Wildman–Crippen LogP) is 1.42. The molecule has 0 radical (unpaired) electrons. The Morgan fingerprint density at radius 3 is 2.89 bits per heavy atom. The average Bonchev–Trinajstić information content (AvgIpc) is 2.41. The van der Waals surface area contributed by atoms with Gasteiger partial charge in [-0.2, -0.15) is 4.98 Å². The lowest BCUT2D eigenvalue weighted by molar-refractivity contribution is 0.0458. The summed E-state index contributed by atoms with van der Waals surface area (Å²) in [6.07, 6.45) is 3.88. The van der Waals surface area contributed by atoms with Gasteiger partial charge in [0.1, 0.15) is 5.02 Å². The quantitative estimate of drug-likeness (QED) is 0.637. The van der Waals surface area contributed by atoms with Crippen molar-refractivity contribution in [1.82, 2.24) is 9.97 Å². The van der Waals surface area contributed by atoms with Crippen LogP contribution in [-0.4, -0.2) is 35.8 Å². The number of aromatic nitrogens is 2. The SMILES string of the molecule is CCOC1CCN(c2nc(NN)ncc2Cl)CC1. The normalized spacial score (nSPS) is 16.9. The van der Waals surface area contributed by atoms with Gasteiger partial charge in [0.05, 0.1) is 12.3 Å². The summed E-state index contributed by atoms with van der Waals surface area (Å²) < 4.78 is 5.62. The second-order valence-corrected chi connectivity index (χ2v) is 4.56. The molecule has 7 heteroatoms. The molecular formula is C11H18ClN5O. The minimum atomic E-state index is 0.346. The van der Waals surface area contributed by atoms with E-state index in [0.717, 1.165) is 38.4 Å². The molecule has 0 bridgehead atoms. The summed E-state index contributed by atoms with van der Waals surface area (Å²) in [5.41, 5.74) is 2.43. The zero-order chi connectivity index (χ0) is 13.0. The molecule has 18 heavy (non-hydrogen) atoms. The molecule has 0 atom stereocenters. The van der Waals surface area contributed by atoms with Gasteiger partial charge in [0, 0.05) is 19.7 Å². The van der Waals surface area contributed by atoms with Crippen LogP contribution >= 0.6 is 11.6 Å². The Balaban J connectivity index is 2.04. The van der Waals surface area contributed by atoms with Crippen LogP contribution < -0.4 is 16.2 Å². The lowest BCUT2D eigenvalue weighted by Gasteiger charge is -2.32. The van der Waals surface area contributed by atoms with E-state index in [4.69, 9.17) is 22.2 Å². The van der Waals surface area contributed by atoms with Gasteiger partial charge in [-0.1, -0.05) is 11.6 Å². The molecule has 1 aromatic heterocycles. The molecule has 1 aliphatic rings. The molecule has 1 aromatic rings. The van der Waals surface area contributed by atoms with Gasteiger partial charge in [0.2, 0.25) is 5.95 Å². The minimum absolute atomic E-state index is 0.346. The van der Waals surface area contributed by atoms with Gasteiger partial charge in [0.25, 0.3) is 0 Å². The van der Waals surface area contributed by atoms with Gasteiger partial charge in [-0.25, -0.2) is 10.8 Å². The van der Waals surface area contributed by atoms with E-state index in [9.17, 15) is 0 Å². The minimum Gasteiger partial charge on any atom is -0.378 e. The Hall–Kier alpha value is -1.11. The van der Waals surface area contributed by atoms with E-state index in [2.05, 4.69) is 20.3 Å². The van der Waals surface area contributed by atoms with Crippen LogP contribution in [0.2, 0.25) is 5.02 Å². The number of hydrogen-bond acceptors (Lipinski definition) is 6. The Bertz CT molecular complexity index is 395. The first-order chi connectivity index (χ1) is 8.74. The summed E-state index contributed by atoms with van der Waals surface area (Å²) in [6, 6.07) is 0. The predicted molar refractivity (Wildman–Crippen MR) is 71.7 cm³/mol. The van der Waals surface area contributed by atoms with Crippen LogP contribution in [0, 0.1) is 0 Å². The van der Waals surface area contributed by atoms with Crippen LogP contribution in [0.5, 0.6) is 0 Å². The Morgan fingerprint density at radius 2 is 2.28 bits per heavy atom. The Kier molecular flexibility index (Phi) is 4.57. The van der Waals surface area contributed by atoms with Gasteiger partial charge in [-0.15, -0.1) is 0 Å². The number of hydrogen-bond donors (Lipinski definition) is 2. The molecule has 0 saturated carbocycles. The van der Waals surface area contributed by atoms with E-state index in [0.29, 0.717) is 17.1 Å². The van der Waals surface area contributed by atoms with Gasteiger partial charge in [-0.05, 0) is 19.8 Å². The molecular weight excluding hydrogens is 254 g/mol. The van der Waals surface area contributed by atoms with E-state index in [1.54, 1.807) is 6.20 Å². The van der Waals surface area contributed by atoms with Crippen LogP contribution in [0.4, 0.5) is 11.8 Å². The number of piperidine rings is 1. The number of nitrogen functional groups attached to an aromatic ring is 1. The lowest BCUT2D eigenvalue weighted by Crippen LogP contribution is -2.37. The summed E-state index contributed by atoms with van der Waals surface area (Å²) in [5, 5.41) is 0.545. The summed E-state index contributed by atoms with van der Waals surface area (Å²) in [4.78, 5) is 10.4. The monoisotopic (exact) mass is 271 g/mol. The Labute approximate surface area is 111 Å². The van der Waals surface area contributed by atoms with Crippen LogP contribution in [0.25, 0.3) is 0 Å². The average molecular weight is 272 g/mol. The number of rotatable bonds is 4. The van der Waals surface area contributed by atoms with Gasteiger partial charge in [0.15, 0.2) is 5.82 Å². The zero-order valence-corrected chi connectivity index (χ0v) is 11.2. The number of nitrogens with one attached hydrogen (secondary N) is 1. The largest absolute Gasteiger partial charge is 0.378 e. The molecule has 2 heterocycles. The molecule has 6 nitrogen and oxygen atoms in total. The first-order valence-corrected chi connectivity index (χ1v) is 6.48. The molecule has 0 aliphatic carbocycles. The molecule has 0 amide bonds. The zero-order valence-electron chi connectivity index (χ0n) is 10.4. The molecule has 2 rings (SSSR count). The van der Waals surface area contributed by atoms with E-state index in [1.165, 1.54) is 0 Å². The van der Waals surface area contributed by atoms with Crippen molar-refractivity contribution >= 4 is 23.4 Å². The van der Waals surface area contributed by atoms with Gasteiger partial charge < -0.3 is 9.64 Å². The van der Waals surface area contributed by atoms with Gasteiger partial charge >= 0.3 is 0 Å². The van der Waals surface area contributed by atoms with E-state index in [-0.39, 0.29) is 0 Å². The van der Waals surface area contributed by atoms with Crippen molar-refractivity contribution in [3.8, 4) is 0 Å². The molecule has 1 saturated heterocycles. The van der Waals surface area contributed by atoms with Crippen LogP contribution in [0.1, 0.15) is 19.8 Å². The van der Waals surface area contributed by atoms with E-state index < -0.39 is 0 Å². The fourth-order valence-corrected chi connectivity index (χ4v) is 2.33. The second kappa shape index (κ2) is 6.17. The van der Waals surface area contributed by atoms with E-state index >= 15 is 0 Å². The maximum Gasteiger partial charge on any atom is 0.239 e. The van der Waals surface area contributed by atoms with Crippen LogP contribution in [0.15, 0.2) is 6.20 Å². The molecule has 0 aromatic carbocycles. The highest BCUT2D eigenvalue weighted by Gasteiger charge is 2.22. The number of nitrogens with two attached hydrogens (primary N) is 1. The number of halogens is 1. The third-order valence-electron chi connectivity index (χ3n) is 3.00. The van der Waals surface area contributed by atoms with Crippen molar-refractivity contribution in [3.05, 3.63) is 11.2 Å². The Morgan fingerprint density at radius 1 is 1.56 bits per heavy atom. The molecule has 1 fully saturated rings. The highest BCUT2D eigenvalue weighted by Crippen LogP contribution is 2.27. The maximum atomic E-state index is 6.12. The van der Waals surface area contributed by atoms with Crippen molar-refractivity contribution in [2.75, 3.05) is 30.0 Å². The third kappa shape index (κ3) is 3.01. The molecule has 3 N–H and O–H groups in total.